The van der Waals surface area contributed by atoms with E-state index in [1.54, 1.807) is 7.11 Å². The van der Waals surface area contributed by atoms with E-state index in [2.05, 4.69) is 40.0 Å². The molecular formula is C16H19BrN2O. The Morgan fingerprint density at radius 1 is 1.15 bits per heavy atom. The van der Waals surface area contributed by atoms with Gasteiger partial charge in [0.1, 0.15) is 5.75 Å². The summed E-state index contributed by atoms with van der Waals surface area (Å²) in [4.78, 5) is 2.24. The molecule has 0 bridgehead atoms. The summed E-state index contributed by atoms with van der Waals surface area (Å²) in [6, 6.07) is 14.1. The molecule has 0 aliphatic rings. The standard InChI is InChI=1S/C16H19BrN2O/c1-19(10-12-4-3-5-14(17)8-12)11-13-9-15(18)6-7-16(13)20-2/h3-9H,10-11,18H2,1-2H3. The summed E-state index contributed by atoms with van der Waals surface area (Å²) >= 11 is 3.50. The van der Waals surface area contributed by atoms with E-state index in [0.717, 1.165) is 34.6 Å². The lowest BCUT2D eigenvalue weighted by Gasteiger charge is -2.19. The van der Waals surface area contributed by atoms with Gasteiger partial charge in [-0.1, -0.05) is 28.1 Å². The number of benzene rings is 2. The molecule has 0 aliphatic carbocycles. The van der Waals surface area contributed by atoms with Crippen molar-refractivity contribution in [3.05, 3.63) is 58.1 Å². The predicted molar refractivity (Wildman–Crippen MR) is 86.7 cm³/mol. The molecule has 0 radical (unpaired) electrons. The lowest BCUT2D eigenvalue weighted by Crippen LogP contribution is -2.17. The van der Waals surface area contributed by atoms with Crippen molar-refractivity contribution in [3.8, 4) is 5.75 Å². The first-order valence-corrected chi connectivity index (χ1v) is 7.23. The van der Waals surface area contributed by atoms with Gasteiger partial charge in [0, 0.05) is 28.8 Å². The molecule has 2 aromatic carbocycles. The Bertz CT molecular complexity index is 586. The van der Waals surface area contributed by atoms with E-state index in [1.165, 1.54) is 5.56 Å². The second kappa shape index (κ2) is 6.77. The van der Waals surface area contributed by atoms with Crippen LogP contribution in [0.25, 0.3) is 0 Å². The van der Waals surface area contributed by atoms with Crippen molar-refractivity contribution < 1.29 is 4.74 Å². The summed E-state index contributed by atoms with van der Waals surface area (Å²) in [6.45, 7) is 1.66. The SMILES string of the molecule is COc1ccc(N)cc1CN(C)Cc1cccc(Br)c1. The minimum absolute atomic E-state index is 0.761. The van der Waals surface area contributed by atoms with Crippen molar-refractivity contribution >= 4 is 21.6 Å². The van der Waals surface area contributed by atoms with Gasteiger partial charge in [0.2, 0.25) is 0 Å². The first kappa shape index (κ1) is 14.9. The first-order valence-electron chi connectivity index (χ1n) is 6.44. The molecule has 0 saturated carbocycles. The fraction of sp³-hybridized carbons (Fsp3) is 0.250. The van der Waals surface area contributed by atoms with E-state index in [4.69, 9.17) is 10.5 Å². The molecule has 20 heavy (non-hydrogen) atoms. The molecule has 0 unspecified atom stereocenters. The van der Waals surface area contributed by atoms with Gasteiger partial charge in [0.15, 0.2) is 0 Å². The first-order chi connectivity index (χ1) is 9.58. The van der Waals surface area contributed by atoms with Crippen LogP contribution in [0.2, 0.25) is 0 Å². The third kappa shape index (κ3) is 3.99. The largest absolute Gasteiger partial charge is 0.496 e. The average molecular weight is 335 g/mol. The minimum Gasteiger partial charge on any atom is -0.496 e. The summed E-state index contributed by atoms with van der Waals surface area (Å²) in [6.07, 6.45) is 0. The summed E-state index contributed by atoms with van der Waals surface area (Å²) in [7, 11) is 3.77. The van der Waals surface area contributed by atoms with Gasteiger partial charge in [-0.3, -0.25) is 4.90 Å². The molecule has 2 aromatic rings. The van der Waals surface area contributed by atoms with Gasteiger partial charge in [-0.15, -0.1) is 0 Å². The Kier molecular flexibility index (Phi) is 5.04. The summed E-state index contributed by atoms with van der Waals surface area (Å²) in [5, 5.41) is 0. The summed E-state index contributed by atoms with van der Waals surface area (Å²) in [5.41, 5.74) is 8.98. The van der Waals surface area contributed by atoms with Crippen LogP contribution < -0.4 is 10.5 Å². The molecule has 4 heteroatoms. The molecule has 0 amide bonds. The maximum Gasteiger partial charge on any atom is 0.123 e. The number of nitrogens with zero attached hydrogens (tertiary/aromatic N) is 1. The molecule has 2 rings (SSSR count). The number of halogens is 1. The van der Waals surface area contributed by atoms with Gasteiger partial charge in [0.05, 0.1) is 7.11 Å². The second-order valence-corrected chi connectivity index (χ2v) is 5.79. The zero-order valence-electron chi connectivity index (χ0n) is 11.8. The zero-order valence-corrected chi connectivity index (χ0v) is 13.4. The number of nitrogen functional groups attached to an aromatic ring is 1. The van der Waals surface area contributed by atoms with Crippen LogP contribution in [0.15, 0.2) is 46.9 Å². The van der Waals surface area contributed by atoms with Crippen LogP contribution in [0.1, 0.15) is 11.1 Å². The Balaban J connectivity index is 2.08. The number of hydrogen-bond donors (Lipinski definition) is 1. The van der Waals surface area contributed by atoms with Crippen molar-refractivity contribution in [2.24, 2.45) is 0 Å². The van der Waals surface area contributed by atoms with Crippen LogP contribution in [-0.4, -0.2) is 19.1 Å². The maximum absolute atomic E-state index is 5.85. The number of hydrogen-bond acceptors (Lipinski definition) is 3. The van der Waals surface area contributed by atoms with E-state index in [-0.39, 0.29) is 0 Å². The second-order valence-electron chi connectivity index (χ2n) is 4.87. The van der Waals surface area contributed by atoms with E-state index in [9.17, 15) is 0 Å². The van der Waals surface area contributed by atoms with Crippen molar-refractivity contribution in [3.63, 3.8) is 0 Å². The smallest absolute Gasteiger partial charge is 0.123 e. The molecule has 0 heterocycles. The molecule has 0 fully saturated rings. The van der Waals surface area contributed by atoms with Gasteiger partial charge in [0.25, 0.3) is 0 Å². The molecular weight excluding hydrogens is 316 g/mol. The highest BCUT2D eigenvalue weighted by Gasteiger charge is 2.08. The Morgan fingerprint density at radius 3 is 2.65 bits per heavy atom. The highest BCUT2D eigenvalue weighted by atomic mass is 79.9. The van der Waals surface area contributed by atoms with E-state index < -0.39 is 0 Å². The topological polar surface area (TPSA) is 38.5 Å². The van der Waals surface area contributed by atoms with Crippen LogP contribution in [-0.2, 0) is 13.1 Å². The van der Waals surface area contributed by atoms with Gasteiger partial charge < -0.3 is 10.5 Å². The van der Waals surface area contributed by atoms with E-state index >= 15 is 0 Å². The van der Waals surface area contributed by atoms with Gasteiger partial charge in [-0.05, 0) is 42.9 Å². The molecule has 0 aromatic heterocycles. The summed E-state index contributed by atoms with van der Waals surface area (Å²) < 4.78 is 6.48. The maximum atomic E-state index is 5.85. The number of nitrogens with two attached hydrogens (primary N) is 1. The Labute approximate surface area is 128 Å². The highest BCUT2D eigenvalue weighted by molar-refractivity contribution is 9.10. The molecule has 106 valence electrons. The molecule has 2 N–H and O–H groups in total. The Morgan fingerprint density at radius 2 is 1.95 bits per heavy atom. The van der Waals surface area contributed by atoms with Crippen molar-refractivity contribution in [2.75, 3.05) is 19.9 Å². The molecule has 0 aliphatic heterocycles. The lowest BCUT2D eigenvalue weighted by atomic mass is 10.1. The van der Waals surface area contributed by atoms with Gasteiger partial charge in [-0.2, -0.15) is 0 Å². The number of rotatable bonds is 5. The van der Waals surface area contributed by atoms with Crippen LogP contribution in [0, 0.1) is 0 Å². The van der Waals surface area contributed by atoms with E-state index in [1.807, 2.05) is 30.3 Å². The third-order valence-corrected chi connectivity index (χ3v) is 3.58. The summed E-state index contributed by atoms with van der Waals surface area (Å²) in [5.74, 6) is 0.875. The fourth-order valence-electron chi connectivity index (χ4n) is 2.22. The van der Waals surface area contributed by atoms with Crippen LogP contribution in [0.4, 0.5) is 5.69 Å². The predicted octanol–water partition coefficient (Wildman–Crippen LogP) is 3.67. The highest BCUT2D eigenvalue weighted by Crippen LogP contribution is 2.23. The average Bonchev–Trinajstić information content (AvgIpc) is 2.38. The lowest BCUT2D eigenvalue weighted by molar-refractivity contribution is 0.310. The van der Waals surface area contributed by atoms with Gasteiger partial charge in [-0.25, -0.2) is 0 Å². The van der Waals surface area contributed by atoms with Crippen molar-refractivity contribution in [1.29, 1.82) is 0 Å². The van der Waals surface area contributed by atoms with Crippen LogP contribution >= 0.6 is 15.9 Å². The van der Waals surface area contributed by atoms with Crippen LogP contribution in [0.5, 0.6) is 5.75 Å². The Hall–Kier alpha value is -1.52. The molecule has 0 saturated heterocycles. The quantitative estimate of drug-likeness (QED) is 0.848. The fourth-order valence-corrected chi connectivity index (χ4v) is 2.66. The van der Waals surface area contributed by atoms with Crippen molar-refractivity contribution in [2.45, 2.75) is 13.1 Å². The number of anilines is 1. The number of ether oxygens (including phenoxy) is 1. The zero-order chi connectivity index (χ0) is 14.5. The van der Waals surface area contributed by atoms with Crippen molar-refractivity contribution in [1.82, 2.24) is 4.90 Å². The van der Waals surface area contributed by atoms with E-state index in [0.29, 0.717) is 0 Å². The number of methoxy groups -OCH3 is 1. The van der Waals surface area contributed by atoms with Gasteiger partial charge >= 0.3 is 0 Å². The monoisotopic (exact) mass is 334 g/mol. The normalized spacial score (nSPS) is 10.8. The molecule has 3 nitrogen and oxygen atoms in total. The third-order valence-electron chi connectivity index (χ3n) is 3.09. The molecule has 0 atom stereocenters. The van der Waals surface area contributed by atoms with Crippen LogP contribution in [0.3, 0.4) is 0 Å². The minimum atomic E-state index is 0.761. The molecule has 0 spiro atoms.